The number of ether oxygens (including phenoxy) is 1. The molecule has 2 saturated heterocycles. The van der Waals surface area contributed by atoms with Gasteiger partial charge in [-0.1, -0.05) is 35.9 Å². The third kappa shape index (κ3) is 5.73. The highest BCUT2D eigenvalue weighted by Gasteiger charge is 2.30. The van der Waals surface area contributed by atoms with Gasteiger partial charge in [0, 0.05) is 38.6 Å². The molecule has 2 aliphatic heterocycles. The van der Waals surface area contributed by atoms with E-state index in [2.05, 4.69) is 41.4 Å². The van der Waals surface area contributed by atoms with Crippen LogP contribution in [0.3, 0.4) is 0 Å². The van der Waals surface area contributed by atoms with Gasteiger partial charge < -0.3 is 15.0 Å². The molecule has 1 aromatic heterocycles. The average molecular weight is 442 g/mol. The molecule has 0 saturated carbocycles. The summed E-state index contributed by atoms with van der Waals surface area (Å²) in [6.07, 6.45) is 1.42. The predicted octanol–water partition coefficient (Wildman–Crippen LogP) is 3.10. The maximum Gasteiger partial charge on any atom is 0.263 e. The van der Waals surface area contributed by atoms with Crippen LogP contribution in [0.25, 0.3) is 0 Å². The van der Waals surface area contributed by atoms with E-state index >= 15 is 0 Å². The molecule has 0 aliphatic carbocycles. The molecule has 1 aromatic carbocycles. The van der Waals surface area contributed by atoms with Crippen LogP contribution in [0.1, 0.15) is 39.7 Å². The first-order valence-corrected chi connectivity index (χ1v) is 12.0. The Morgan fingerprint density at radius 3 is 2.45 bits per heavy atom. The van der Waals surface area contributed by atoms with Gasteiger partial charge in [0.1, 0.15) is 0 Å². The number of morpholine rings is 1. The molecule has 2 aromatic rings. The third-order valence-corrected chi connectivity index (χ3v) is 7.08. The number of rotatable bonds is 6. The zero-order valence-corrected chi connectivity index (χ0v) is 18.9. The Kier molecular flexibility index (Phi) is 7.37. The molecule has 0 spiro atoms. The largest absolute Gasteiger partial charge is 0.379 e. The molecule has 6 nitrogen and oxygen atoms in total. The first kappa shape index (κ1) is 22.0. The molecule has 2 fully saturated rings. The monoisotopic (exact) mass is 441 g/mol. The molecule has 1 atom stereocenters. The van der Waals surface area contributed by atoms with Gasteiger partial charge in [0.2, 0.25) is 5.91 Å². The number of likely N-dealkylation sites (tertiary alicyclic amines) is 1. The van der Waals surface area contributed by atoms with E-state index in [0.29, 0.717) is 25.9 Å². The summed E-state index contributed by atoms with van der Waals surface area (Å²) < 4.78 is 5.47. The van der Waals surface area contributed by atoms with Crippen molar-refractivity contribution in [2.75, 3.05) is 45.9 Å². The van der Waals surface area contributed by atoms with Gasteiger partial charge in [0.15, 0.2) is 0 Å². The van der Waals surface area contributed by atoms with Gasteiger partial charge in [-0.05, 0) is 36.8 Å². The lowest BCUT2D eigenvalue weighted by Crippen LogP contribution is -2.46. The Hall–Kier alpha value is -2.22. The van der Waals surface area contributed by atoms with Crippen molar-refractivity contribution in [3.63, 3.8) is 0 Å². The van der Waals surface area contributed by atoms with Crippen molar-refractivity contribution in [1.82, 2.24) is 15.1 Å². The first-order valence-electron chi connectivity index (χ1n) is 11.1. The summed E-state index contributed by atoms with van der Waals surface area (Å²) in [7, 11) is 0. The van der Waals surface area contributed by atoms with Crippen molar-refractivity contribution in [1.29, 1.82) is 0 Å². The topological polar surface area (TPSA) is 61.9 Å². The molecular formula is C24H31N3O3S. The summed E-state index contributed by atoms with van der Waals surface area (Å²) in [5.41, 5.74) is 2.35. The molecule has 3 heterocycles. The summed E-state index contributed by atoms with van der Waals surface area (Å²) >= 11 is 1.47. The van der Waals surface area contributed by atoms with Gasteiger partial charge in [0.25, 0.3) is 5.91 Å². The van der Waals surface area contributed by atoms with Gasteiger partial charge in [-0.3, -0.25) is 14.5 Å². The van der Waals surface area contributed by atoms with Crippen molar-refractivity contribution < 1.29 is 14.3 Å². The van der Waals surface area contributed by atoms with Crippen molar-refractivity contribution in [2.24, 2.45) is 5.92 Å². The fourth-order valence-corrected chi connectivity index (χ4v) is 4.96. The minimum Gasteiger partial charge on any atom is -0.379 e. The molecule has 1 N–H and O–H groups in total. The van der Waals surface area contributed by atoms with Crippen LogP contribution in [0.5, 0.6) is 0 Å². The number of piperidine rings is 1. The van der Waals surface area contributed by atoms with E-state index in [1.54, 1.807) is 0 Å². The highest BCUT2D eigenvalue weighted by atomic mass is 32.1. The lowest BCUT2D eigenvalue weighted by Gasteiger charge is -2.34. The van der Waals surface area contributed by atoms with Crippen LogP contribution in [-0.2, 0) is 9.53 Å². The highest BCUT2D eigenvalue weighted by Crippen LogP contribution is 2.23. The van der Waals surface area contributed by atoms with Crippen LogP contribution in [0.4, 0.5) is 0 Å². The van der Waals surface area contributed by atoms with Crippen LogP contribution < -0.4 is 5.32 Å². The van der Waals surface area contributed by atoms with Crippen molar-refractivity contribution in [3.05, 3.63) is 57.8 Å². The van der Waals surface area contributed by atoms with Crippen LogP contribution in [0.15, 0.2) is 41.8 Å². The zero-order chi connectivity index (χ0) is 21.6. The summed E-state index contributed by atoms with van der Waals surface area (Å²) in [6.45, 7) is 7.39. The lowest BCUT2D eigenvalue weighted by atomic mass is 9.94. The fraction of sp³-hybridized carbons (Fsp3) is 0.500. The molecule has 2 aliphatic rings. The number of carbonyl (C=O) groups excluding carboxylic acids is 2. The number of hydrogen-bond donors (Lipinski definition) is 1. The number of nitrogens with zero attached hydrogens (tertiary/aromatic N) is 2. The Labute approximate surface area is 188 Å². The fourth-order valence-electron chi connectivity index (χ4n) is 4.27. The number of carbonyl (C=O) groups is 2. The van der Waals surface area contributed by atoms with Gasteiger partial charge in [0.05, 0.1) is 24.1 Å². The maximum absolute atomic E-state index is 13.1. The molecule has 1 unspecified atom stereocenters. The van der Waals surface area contributed by atoms with Crippen LogP contribution >= 0.6 is 11.3 Å². The second-order valence-corrected chi connectivity index (χ2v) is 9.38. The van der Waals surface area contributed by atoms with Crippen molar-refractivity contribution >= 4 is 23.2 Å². The molecular weight excluding hydrogens is 410 g/mol. The Bertz CT molecular complexity index is 855. The number of aryl methyl sites for hydroxylation is 1. The molecule has 31 heavy (non-hydrogen) atoms. The van der Waals surface area contributed by atoms with E-state index < -0.39 is 0 Å². The molecule has 166 valence electrons. The number of hydrogen-bond acceptors (Lipinski definition) is 5. The molecule has 0 radical (unpaired) electrons. The Balaban J connectivity index is 1.36. The number of thiophene rings is 1. The molecule has 0 bridgehead atoms. The molecule has 7 heteroatoms. The summed E-state index contributed by atoms with van der Waals surface area (Å²) in [5, 5.41) is 5.24. The van der Waals surface area contributed by atoms with Gasteiger partial charge >= 0.3 is 0 Å². The minimum atomic E-state index is -0.0509. The van der Waals surface area contributed by atoms with Gasteiger partial charge in [-0.25, -0.2) is 0 Å². The summed E-state index contributed by atoms with van der Waals surface area (Å²) in [5.74, 6) is 0.130. The van der Waals surface area contributed by atoms with Gasteiger partial charge in [-0.2, -0.15) is 0 Å². The maximum atomic E-state index is 13.1. The third-order valence-electron chi connectivity index (χ3n) is 6.23. The zero-order valence-electron chi connectivity index (χ0n) is 18.1. The summed E-state index contributed by atoms with van der Waals surface area (Å²) in [4.78, 5) is 30.7. The molecule has 4 rings (SSSR count). The van der Waals surface area contributed by atoms with Crippen LogP contribution in [0.2, 0.25) is 0 Å². The smallest absolute Gasteiger partial charge is 0.263 e. The minimum absolute atomic E-state index is 0.0445. The first-order chi connectivity index (χ1) is 15.1. The second kappa shape index (κ2) is 10.4. The average Bonchev–Trinajstić information content (AvgIpc) is 3.34. The van der Waals surface area contributed by atoms with E-state index in [0.717, 1.165) is 43.3 Å². The standard InChI is InChI=1S/C24H31N3O3S/c1-18-4-6-19(7-5-18)21(17-26-12-14-30-15-13-26)25-23(28)20-8-10-27(11-9-20)24(29)22-3-2-16-31-22/h2-7,16,20-21H,8-15,17H2,1H3,(H,25,28). The summed E-state index contributed by atoms with van der Waals surface area (Å²) in [6, 6.07) is 12.1. The van der Waals surface area contributed by atoms with Crippen LogP contribution in [-0.4, -0.2) is 67.6 Å². The normalized spacial score (nSPS) is 19.2. The quantitative estimate of drug-likeness (QED) is 0.748. The number of benzene rings is 1. The second-order valence-electron chi connectivity index (χ2n) is 8.43. The van der Waals surface area contributed by atoms with Crippen molar-refractivity contribution in [3.8, 4) is 0 Å². The number of amides is 2. The van der Waals surface area contributed by atoms with E-state index in [-0.39, 0.29) is 23.8 Å². The predicted molar refractivity (Wildman–Crippen MR) is 122 cm³/mol. The van der Waals surface area contributed by atoms with E-state index in [1.165, 1.54) is 16.9 Å². The molecule has 2 amide bonds. The van der Waals surface area contributed by atoms with Gasteiger partial charge in [-0.15, -0.1) is 11.3 Å². The lowest BCUT2D eigenvalue weighted by molar-refractivity contribution is -0.127. The Morgan fingerprint density at radius 1 is 1.10 bits per heavy atom. The Morgan fingerprint density at radius 2 is 1.81 bits per heavy atom. The SMILES string of the molecule is Cc1ccc(C(CN2CCOCC2)NC(=O)C2CCN(C(=O)c3cccs3)CC2)cc1. The van der Waals surface area contributed by atoms with Crippen molar-refractivity contribution in [2.45, 2.75) is 25.8 Å². The van der Waals surface area contributed by atoms with Crippen LogP contribution in [0, 0.1) is 12.8 Å². The van der Waals surface area contributed by atoms with E-state index in [4.69, 9.17) is 4.74 Å². The highest BCUT2D eigenvalue weighted by molar-refractivity contribution is 7.12. The van der Waals surface area contributed by atoms with E-state index in [9.17, 15) is 9.59 Å². The van der Waals surface area contributed by atoms with E-state index in [1.807, 2.05) is 22.4 Å². The number of nitrogens with one attached hydrogen (secondary N) is 1.